The molecule has 1 aliphatic rings. The van der Waals surface area contributed by atoms with E-state index in [-0.39, 0.29) is 5.69 Å². The van der Waals surface area contributed by atoms with Crippen LogP contribution in [0.4, 0.5) is 0 Å². The number of halogens is 1. The van der Waals surface area contributed by atoms with Crippen molar-refractivity contribution in [2.75, 3.05) is 12.4 Å². The minimum Gasteiger partial charge on any atom is -0.493 e. The Bertz CT molecular complexity index is 2000. The van der Waals surface area contributed by atoms with Gasteiger partial charge in [0.1, 0.15) is 11.4 Å². The maximum atomic E-state index is 12.7. The molecule has 1 N–H and O–H groups in total. The van der Waals surface area contributed by atoms with Crippen LogP contribution in [0.15, 0.2) is 77.2 Å². The van der Waals surface area contributed by atoms with Crippen molar-refractivity contribution in [3.05, 3.63) is 106 Å². The number of carboxylic acid groups (broad SMARTS) is 1. The lowest BCUT2D eigenvalue weighted by Gasteiger charge is -2.17. The van der Waals surface area contributed by atoms with E-state index in [1.54, 1.807) is 28.1 Å². The number of thioether (sulfide) groups is 2. The Hall–Kier alpha value is -3.59. The third-order valence-electron chi connectivity index (χ3n) is 8.28. The maximum Gasteiger partial charge on any atom is 0.352 e. The van der Waals surface area contributed by atoms with Gasteiger partial charge in [0.05, 0.1) is 22.8 Å². The third kappa shape index (κ3) is 6.16. The van der Waals surface area contributed by atoms with Crippen LogP contribution in [0.5, 0.6) is 5.75 Å². The monoisotopic (exact) mass is 657 g/mol. The second kappa shape index (κ2) is 13.0. The molecule has 232 valence electrons. The fraction of sp³-hybridized carbons (Fsp3) is 0.278. The van der Waals surface area contributed by atoms with E-state index in [2.05, 4.69) is 50.8 Å². The molecule has 0 aliphatic carbocycles. The Labute approximate surface area is 277 Å². The summed E-state index contributed by atoms with van der Waals surface area (Å²) in [5, 5.41) is 18.8. The maximum absolute atomic E-state index is 12.7. The van der Waals surface area contributed by atoms with Gasteiger partial charge in [-0.1, -0.05) is 54.1 Å². The molecule has 0 saturated heterocycles. The molecule has 0 radical (unpaired) electrons. The predicted octanol–water partition coefficient (Wildman–Crippen LogP) is 9.32. The zero-order valence-corrected chi connectivity index (χ0v) is 28.3. The lowest BCUT2D eigenvalue weighted by atomic mass is 9.93. The van der Waals surface area contributed by atoms with Gasteiger partial charge in [0.2, 0.25) is 0 Å². The molecule has 0 fully saturated rings. The fourth-order valence-electron chi connectivity index (χ4n) is 6.31. The summed E-state index contributed by atoms with van der Waals surface area (Å²) >= 11 is 10.5. The molecule has 6 rings (SSSR count). The quantitative estimate of drug-likeness (QED) is 0.194. The van der Waals surface area contributed by atoms with Crippen LogP contribution in [0.2, 0.25) is 5.02 Å². The minimum atomic E-state index is -0.959. The summed E-state index contributed by atoms with van der Waals surface area (Å²) in [4.78, 5) is 13.8. The number of aryl methyl sites for hydroxylation is 3. The van der Waals surface area contributed by atoms with E-state index >= 15 is 0 Å². The summed E-state index contributed by atoms with van der Waals surface area (Å²) in [7, 11) is 3.82. The van der Waals surface area contributed by atoms with Crippen LogP contribution in [0.25, 0.3) is 27.2 Å². The highest BCUT2D eigenvalue weighted by molar-refractivity contribution is 7.98. The predicted molar refractivity (Wildman–Crippen MR) is 189 cm³/mol. The number of carboxylic acids is 1. The van der Waals surface area contributed by atoms with Gasteiger partial charge < -0.3 is 14.4 Å². The normalized spacial score (nSPS) is 14.9. The second-order valence-corrected chi connectivity index (χ2v) is 14.1. The van der Waals surface area contributed by atoms with Crippen LogP contribution in [0, 0.1) is 0 Å². The van der Waals surface area contributed by atoms with Gasteiger partial charge in [-0.25, -0.2) is 4.79 Å². The first kappa shape index (κ1) is 31.4. The molecule has 45 heavy (non-hydrogen) atoms. The van der Waals surface area contributed by atoms with E-state index in [0.29, 0.717) is 30.2 Å². The van der Waals surface area contributed by atoms with E-state index in [4.69, 9.17) is 21.4 Å². The van der Waals surface area contributed by atoms with E-state index < -0.39 is 5.97 Å². The third-order valence-corrected chi connectivity index (χ3v) is 10.7. The Balaban J connectivity index is 1.46. The van der Waals surface area contributed by atoms with Gasteiger partial charge in [0.25, 0.3) is 0 Å². The van der Waals surface area contributed by atoms with Gasteiger partial charge in [0, 0.05) is 58.3 Å². The van der Waals surface area contributed by atoms with Gasteiger partial charge in [-0.2, -0.15) is 16.9 Å². The van der Waals surface area contributed by atoms with Gasteiger partial charge in [-0.3, -0.25) is 4.68 Å². The molecule has 3 aromatic carbocycles. The van der Waals surface area contributed by atoms with E-state index in [1.807, 2.05) is 43.0 Å². The lowest BCUT2D eigenvalue weighted by Crippen LogP contribution is -2.09. The van der Waals surface area contributed by atoms with Gasteiger partial charge >= 0.3 is 5.97 Å². The summed E-state index contributed by atoms with van der Waals surface area (Å²) in [6.07, 6.45) is 1.20. The van der Waals surface area contributed by atoms with Crippen molar-refractivity contribution in [3.8, 4) is 5.75 Å². The number of hydrogen-bond acceptors (Lipinski definition) is 5. The number of nitrogens with zero attached hydrogens (tertiary/aromatic N) is 3. The number of hydrogen-bond donors (Lipinski definition) is 1. The summed E-state index contributed by atoms with van der Waals surface area (Å²) in [6.45, 7) is 9.05. The zero-order chi connectivity index (χ0) is 31.8. The minimum absolute atomic E-state index is 0.276. The Morgan fingerprint density at radius 2 is 1.84 bits per heavy atom. The Morgan fingerprint density at radius 3 is 2.62 bits per heavy atom. The zero-order valence-electron chi connectivity index (χ0n) is 25.9. The number of allylic oxidation sites excluding steroid dienone is 2. The largest absolute Gasteiger partial charge is 0.493 e. The first-order chi connectivity index (χ1) is 21.6. The van der Waals surface area contributed by atoms with Crippen LogP contribution < -0.4 is 4.74 Å². The molecule has 1 aliphatic heterocycles. The molecule has 0 atom stereocenters. The number of rotatable bonds is 1. The molecule has 0 spiro atoms. The van der Waals surface area contributed by atoms with E-state index in [9.17, 15) is 9.90 Å². The van der Waals surface area contributed by atoms with Crippen molar-refractivity contribution in [1.29, 1.82) is 0 Å². The lowest BCUT2D eigenvalue weighted by molar-refractivity contribution is 0.0685. The summed E-state index contributed by atoms with van der Waals surface area (Å²) in [5.74, 6) is 2.10. The molecule has 2 aromatic heterocycles. The molecule has 0 unspecified atom stereocenters. The highest BCUT2D eigenvalue weighted by Gasteiger charge is 2.26. The highest BCUT2D eigenvalue weighted by Crippen LogP contribution is 2.41. The van der Waals surface area contributed by atoms with Crippen molar-refractivity contribution in [2.24, 2.45) is 14.1 Å². The smallest absolute Gasteiger partial charge is 0.352 e. The fourth-order valence-corrected chi connectivity index (χ4v) is 8.39. The van der Waals surface area contributed by atoms with Gasteiger partial charge in [0.15, 0.2) is 0 Å². The molecular formula is C36H36ClN3O3S2. The van der Waals surface area contributed by atoms with Crippen LogP contribution >= 0.6 is 35.1 Å². The molecule has 8 bridgehead atoms. The first-order valence-corrected chi connectivity index (χ1v) is 17.4. The van der Waals surface area contributed by atoms with Crippen molar-refractivity contribution in [3.63, 3.8) is 0 Å². The molecular weight excluding hydrogens is 622 g/mol. The number of fused-ring (bicyclic) bond motifs is 6. The van der Waals surface area contributed by atoms with Crippen LogP contribution in [0.1, 0.15) is 53.3 Å². The molecule has 0 amide bonds. The number of aromatic carboxylic acids is 1. The SMILES string of the molecule is C=C1CSCc2cc(n(C)n2)CSc2cc(c3ccccc3c2)OCCCc2c(C(=O)O)n(C)c3c(c(Cl)ccc23)C1=C(C)C. The summed E-state index contributed by atoms with van der Waals surface area (Å²) < 4.78 is 10.2. The second-order valence-electron chi connectivity index (χ2n) is 11.6. The summed E-state index contributed by atoms with van der Waals surface area (Å²) in [5.41, 5.74) is 7.90. The first-order valence-electron chi connectivity index (χ1n) is 14.9. The molecule has 0 saturated carbocycles. The van der Waals surface area contributed by atoms with Crippen molar-refractivity contribution in [2.45, 2.75) is 43.1 Å². The molecule has 5 aromatic rings. The number of benzene rings is 3. The molecule has 6 nitrogen and oxygen atoms in total. The highest BCUT2D eigenvalue weighted by atomic mass is 35.5. The van der Waals surface area contributed by atoms with Crippen LogP contribution in [-0.2, 0) is 32.0 Å². The van der Waals surface area contributed by atoms with Crippen molar-refractivity contribution in [1.82, 2.24) is 14.3 Å². The van der Waals surface area contributed by atoms with Gasteiger partial charge in [-0.15, -0.1) is 11.8 Å². The summed E-state index contributed by atoms with van der Waals surface area (Å²) in [6, 6.07) is 18.6. The Morgan fingerprint density at radius 1 is 1.04 bits per heavy atom. The molecule has 3 heterocycles. The standard InChI is InChI=1S/C36H36ClN3O3S2/c1-21(2)32-22(3)18-44-19-24-16-25(40(5)38-24)20-45-26-15-23-9-6-7-10-27(23)31(17-26)43-14-8-11-28-29-12-13-30(37)33(32)34(29)39(4)35(28)36(41)42/h6-7,9-10,12-13,15-17H,3,8,11,14,18-20H2,1-2,4-5H3,(H,41,42). The number of aromatic nitrogens is 3. The van der Waals surface area contributed by atoms with Gasteiger partial charge in [-0.05, 0) is 73.1 Å². The van der Waals surface area contributed by atoms with E-state index in [1.165, 1.54) is 0 Å². The number of carbonyl (C=O) groups is 1. The number of ether oxygens (including phenoxy) is 1. The van der Waals surface area contributed by atoms with Crippen LogP contribution in [-0.4, -0.2) is 37.8 Å². The van der Waals surface area contributed by atoms with E-state index in [0.717, 1.165) is 83.1 Å². The molecule has 9 heteroatoms. The van der Waals surface area contributed by atoms with Crippen molar-refractivity contribution >= 4 is 68.3 Å². The Kier molecular flexibility index (Phi) is 9.09. The average molecular weight is 658 g/mol. The van der Waals surface area contributed by atoms with Crippen molar-refractivity contribution < 1.29 is 14.6 Å². The average Bonchev–Trinajstić information content (AvgIpc) is 3.50. The topological polar surface area (TPSA) is 69.3 Å². The van der Waals surface area contributed by atoms with Crippen LogP contribution in [0.3, 0.4) is 0 Å².